The summed E-state index contributed by atoms with van der Waals surface area (Å²) < 4.78 is 69.8. The number of nitrogens with zero attached hydrogens (tertiary/aromatic N) is 1. The second kappa shape index (κ2) is 4.75. The zero-order chi connectivity index (χ0) is 17.8. The number of thioether (sulfide) groups is 1. The molecule has 0 atom stereocenters. The third kappa shape index (κ3) is 3.30. The van der Waals surface area contributed by atoms with Crippen LogP contribution in [0.15, 0.2) is 38.7 Å². The number of ketones is 1. The predicted molar refractivity (Wildman–Crippen MR) is 82.2 cm³/mol. The number of rotatable bonds is 5. The van der Waals surface area contributed by atoms with E-state index in [1.807, 2.05) is 0 Å². The Hall–Kier alpha value is -1.55. The maximum absolute atomic E-state index is 13.0. The molecule has 3 rings (SSSR count). The molecule has 1 heterocycles. The van der Waals surface area contributed by atoms with Crippen molar-refractivity contribution in [2.24, 2.45) is 5.92 Å². The SMILES string of the molecule is CSc1cc(S(F)(F)(F)(F)F)ccc1-c1oncc1C(=O)C1CC1. The van der Waals surface area contributed by atoms with Crippen LogP contribution in [0.25, 0.3) is 11.3 Å². The molecule has 0 bridgehead atoms. The van der Waals surface area contributed by atoms with E-state index in [0.717, 1.165) is 30.7 Å². The molecule has 0 N–H and O–H groups in total. The molecule has 24 heavy (non-hydrogen) atoms. The van der Waals surface area contributed by atoms with Crippen LogP contribution in [0.2, 0.25) is 0 Å². The van der Waals surface area contributed by atoms with Gasteiger partial charge in [0, 0.05) is 16.4 Å². The Kier molecular flexibility index (Phi) is 3.42. The number of hydrogen-bond donors (Lipinski definition) is 0. The van der Waals surface area contributed by atoms with Crippen molar-refractivity contribution < 1.29 is 28.7 Å². The van der Waals surface area contributed by atoms with Gasteiger partial charge in [-0.05, 0) is 37.3 Å². The average molecular weight is 385 g/mol. The summed E-state index contributed by atoms with van der Waals surface area (Å²) in [6.07, 6.45) is 4.13. The average Bonchev–Trinajstić information content (AvgIpc) is 3.20. The molecule has 10 heteroatoms. The molecular formula is C14H12F5NO2S2. The summed E-state index contributed by atoms with van der Waals surface area (Å²) >= 11 is 0.852. The Morgan fingerprint density at radius 1 is 1.25 bits per heavy atom. The van der Waals surface area contributed by atoms with Crippen molar-refractivity contribution >= 4 is 27.8 Å². The molecule has 1 aliphatic rings. The lowest BCUT2D eigenvalue weighted by Gasteiger charge is -2.40. The van der Waals surface area contributed by atoms with Crippen molar-refractivity contribution in [2.45, 2.75) is 22.6 Å². The first-order valence-electron chi connectivity index (χ1n) is 6.82. The topological polar surface area (TPSA) is 43.1 Å². The normalized spacial score (nSPS) is 18.1. The summed E-state index contributed by atoms with van der Waals surface area (Å²) in [4.78, 5) is 10.1. The van der Waals surface area contributed by atoms with Crippen molar-refractivity contribution in [1.82, 2.24) is 5.16 Å². The highest BCUT2D eigenvalue weighted by molar-refractivity contribution is 8.45. The Labute approximate surface area is 138 Å². The van der Waals surface area contributed by atoms with E-state index in [2.05, 4.69) is 5.16 Å². The minimum absolute atomic E-state index is 0.00459. The summed E-state index contributed by atoms with van der Waals surface area (Å²) in [6, 6.07) is 1.59. The summed E-state index contributed by atoms with van der Waals surface area (Å²) in [5, 5.41) is 3.54. The van der Waals surface area contributed by atoms with Gasteiger partial charge < -0.3 is 4.52 Å². The molecule has 0 amide bonds. The molecule has 3 nitrogen and oxygen atoms in total. The van der Waals surface area contributed by atoms with Crippen LogP contribution in [-0.4, -0.2) is 17.2 Å². The van der Waals surface area contributed by atoms with Crippen LogP contribution in [0.1, 0.15) is 23.2 Å². The number of Topliss-reactive ketones (excluding diaryl/α,β-unsaturated/α-hetero) is 1. The van der Waals surface area contributed by atoms with Crippen molar-refractivity contribution in [3.8, 4) is 11.3 Å². The quantitative estimate of drug-likeness (QED) is 0.343. The van der Waals surface area contributed by atoms with E-state index >= 15 is 0 Å². The molecule has 2 aromatic rings. The Bertz CT molecular complexity index is 828. The molecular weight excluding hydrogens is 373 g/mol. The number of hydrogen-bond acceptors (Lipinski definition) is 4. The first-order chi connectivity index (χ1) is 10.9. The van der Waals surface area contributed by atoms with E-state index in [-0.39, 0.29) is 33.5 Å². The third-order valence-corrected chi connectivity index (χ3v) is 5.57. The largest absolute Gasteiger partial charge is 0.355 e. The van der Waals surface area contributed by atoms with Gasteiger partial charge in [-0.2, -0.15) is 0 Å². The van der Waals surface area contributed by atoms with Crippen molar-refractivity contribution in [2.75, 3.05) is 6.26 Å². The third-order valence-electron chi connectivity index (χ3n) is 3.65. The Morgan fingerprint density at radius 3 is 2.46 bits per heavy atom. The second-order valence-electron chi connectivity index (χ2n) is 5.54. The van der Waals surface area contributed by atoms with Crippen LogP contribution in [0.5, 0.6) is 0 Å². The fourth-order valence-corrected chi connectivity index (χ4v) is 3.64. The monoisotopic (exact) mass is 385 g/mol. The highest BCUT2D eigenvalue weighted by Gasteiger charge is 2.65. The summed E-state index contributed by atoms with van der Waals surface area (Å²) in [5.74, 6) is -0.329. The van der Waals surface area contributed by atoms with Gasteiger partial charge in [0.2, 0.25) is 0 Å². The number of halogens is 5. The molecule has 0 spiro atoms. The van der Waals surface area contributed by atoms with Crippen LogP contribution >= 0.6 is 22.0 Å². The smallest absolute Gasteiger partial charge is 0.310 e. The first-order valence-corrected chi connectivity index (χ1v) is 9.99. The minimum Gasteiger partial charge on any atom is -0.355 e. The first kappa shape index (κ1) is 17.3. The van der Waals surface area contributed by atoms with Gasteiger partial charge in [-0.25, -0.2) is 0 Å². The molecule has 1 fully saturated rings. The highest BCUT2D eigenvalue weighted by Crippen LogP contribution is 3.02. The maximum Gasteiger partial charge on any atom is 0.310 e. The van der Waals surface area contributed by atoms with E-state index < -0.39 is 15.1 Å². The van der Waals surface area contributed by atoms with E-state index in [1.54, 1.807) is 0 Å². The lowest BCUT2D eigenvalue weighted by Crippen LogP contribution is -2.06. The maximum atomic E-state index is 13.0. The number of benzene rings is 1. The zero-order valence-corrected chi connectivity index (χ0v) is 13.9. The molecule has 0 saturated heterocycles. The summed E-state index contributed by atoms with van der Waals surface area (Å²) in [5.41, 5.74) is 0.294. The van der Waals surface area contributed by atoms with E-state index in [4.69, 9.17) is 4.52 Å². The molecule has 1 aromatic carbocycles. The van der Waals surface area contributed by atoms with Gasteiger partial charge in [0.05, 0.1) is 11.8 Å². The van der Waals surface area contributed by atoms with Crippen molar-refractivity contribution in [3.63, 3.8) is 0 Å². The van der Waals surface area contributed by atoms with Crippen LogP contribution in [0.3, 0.4) is 0 Å². The van der Waals surface area contributed by atoms with Gasteiger partial charge in [-0.1, -0.05) is 24.6 Å². The van der Waals surface area contributed by atoms with Gasteiger partial charge in [0.15, 0.2) is 11.5 Å². The van der Waals surface area contributed by atoms with Gasteiger partial charge in [-0.15, -0.1) is 11.8 Å². The highest BCUT2D eigenvalue weighted by atomic mass is 32.5. The minimum atomic E-state index is -9.77. The van der Waals surface area contributed by atoms with Crippen molar-refractivity contribution in [3.05, 3.63) is 30.0 Å². The van der Waals surface area contributed by atoms with E-state index in [0.29, 0.717) is 12.1 Å². The Morgan fingerprint density at radius 2 is 1.92 bits per heavy atom. The number of aromatic nitrogens is 1. The molecule has 0 unspecified atom stereocenters. The molecule has 0 radical (unpaired) electrons. The van der Waals surface area contributed by atoms with E-state index in [1.165, 1.54) is 12.5 Å². The zero-order valence-electron chi connectivity index (χ0n) is 12.3. The van der Waals surface area contributed by atoms with E-state index in [9.17, 15) is 24.2 Å². The van der Waals surface area contributed by atoms with Gasteiger partial charge in [0.1, 0.15) is 4.90 Å². The molecule has 1 aromatic heterocycles. The lowest BCUT2D eigenvalue weighted by molar-refractivity contribution is 0.0968. The van der Waals surface area contributed by atoms with Crippen LogP contribution < -0.4 is 0 Å². The number of carbonyl (C=O) groups is 1. The standard InChI is InChI=1S/C14H12F5NO2S2/c1-23-12-6-9(24(15,16,17,18)19)4-5-10(12)14-11(7-20-22-14)13(21)8-2-3-8/h4-8H,2-3H2,1H3. The molecule has 132 valence electrons. The van der Waals surface area contributed by atoms with Gasteiger partial charge in [0.25, 0.3) is 0 Å². The fraction of sp³-hybridized carbons (Fsp3) is 0.286. The van der Waals surface area contributed by atoms with Crippen LogP contribution in [-0.2, 0) is 0 Å². The molecule has 1 aliphatic carbocycles. The summed E-state index contributed by atoms with van der Waals surface area (Å²) in [7, 11) is -9.77. The second-order valence-corrected chi connectivity index (χ2v) is 8.80. The lowest BCUT2D eigenvalue weighted by atomic mass is 10.0. The summed E-state index contributed by atoms with van der Waals surface area (Å²) in [6.45, 7) is 0. The Balaban J connectivity index is 2.11. The predicted octanol–water partition coefficient (Wildman–Crippen LogP) is 6.31. The number of carbonyl (C=O) groups excluding carboxylic acids is 1. The molecule has 1 saturated carbocycles. The molecule has 0 aliphatic heterocycles. The fourth-order valence-electron chi connectivity index (χ4n) is 2.27. The van der Waals surface area contributed by atoms with Crippen LogP contribution in [0.4, 0.5) is 19.4 Å². The van der Waals surface area contributed by atoms with Crippen LogP contribution in [0, 0.1) is 5.92 Å². The van der Waals surface area contributed by atoms with Gasteiger partial charge >= 0.3 is 10.2 Å². The van der Waals surface area contributed by atoms with Gasteiger partial charge in [-0.3, -0.25) is 4.79 Å². The van der Waals surface area contributed by atoms with Crippen molar-refractivity contribution in [1.29, 1.82) is 0 Å².